The van der Waals surface area contributed by atoms with Crippen molar-refractivity contribution in [2.75, 3.05) is 5.73 Å². The maximum atomic E-state index is 12.2. The van der Waals surface area contributed by atoms with E-state index < -0.39 is 5.97 Å². The molecule has 3 rings (SSSR count). The van der Waals surface area contributed by atoms with Gasteiger partial charge in [-0.15, -0.1) is 5.10 Å². The number of carbonyl (C=O) groups excluding carboxylic acids is 1. The van der Waals surface area contributed by atoms with Crippen molar-refractivity contribution in [3.63, 3.8) is 0 Å². The molecule has 0 fully saturated rings. The van der Waals surface area contributed by atoms with Crippen LogP contribution in [0.1, 0.15) is 16.2 Å². The maximum absolute atomic E-state index is 12.2. The Kier molecular flexibility index (Phi) is 3.34. The van der Waals surface area contributed by atoms with Crippen molar-refractivity contribution >= 4 is 22.8 Å². The van der Waals surface area contributed by atoms with Gasteiger partial charge in [0.05, 0.1) is 5.56 Å². The highest BCUT2D eigenvalue weighted by atomic mass is 16.5. The number of anilines is 1. The largest absolute Gasteiger partial charge is 0.452 e. The lowest BCUT2D eigenvalue weighted by atomic mass is 10.1. The van der Waals surface area contributed by atoms with E-state index in [2.05, 4.69) is 10.2 Å². The molecule has 2 heterocycles. The number of esters is 1. The lowest BCUT2D eigenvalue weighted by Crippen LogP contribution is -2.19. The molecule has 0 amide bonds. The lowest BCUT2D eigenvalue weighted by Gasteiger charge is -2.08. The first kappa shape index (κ1) is 13.8. The number of nitrogen functional groups attached to an aromatic ring is 1. The van der Waals surface area contributed by atoms with E-state index in [9.17, 15) is 9.59 Å². The molecule has 0 saturated carbocycles. The van der Waals surface area contributed by atoms with Crippen molar-refractivity contribution in [3.05, 3.63) is 52.3 Å². The lowest BCUT2D eigenvalue weighted by molar-refractivity contribution is 0.0440. The smallest absolute Gasteiger partial charge is 0.340 e. The first-order valence-corrected chi connectivity index (χ1v) is 6.39. The molecule has 2 aromatic heterocycles. The highest BCUT2D eigenvalue weighted by Gasteiger charge is 2.16. The number of hydrogen-bond acceptors (Lipinski definition) is 7. The SMILES string of the molecule is Cn1cc(C(=O)OCc2nnc(N)o2)c2ccccc2c1=O. The van der Waals surface area contributed by atoms with Crippen LogP contribution in [0.25, 0.3) is 10.8 Å². The number of aromatic nitrogens is 3. The van der Waals surface area contributed by atoms with E-state index in [1.54, 1.807) is 31.3 Å². The number of nitrogens with two attached hydrogens (primary N) is 1. The average Bonchev–Trinajstić information content (AvgIpc) is 2.94. The summed E-state index contributed by atoms with van der Waals surface area (Å²) in [6.45, 7) is -0.194. The second-order valence-corrected chi connectivity index (χ2v) is 4.61. The Morgan fingerprint density at radius 2 is 2.05 bits per heavy atom. The fraction of sp³-hybridized carbons (Fsp3) is 0.143. The van der Waals surface area contributed by atoms with Crippen molar-refractivity contribution in [1.29, 1.82) is 0 Å². The Hall–Kier alpha value is -3.16. The van der Waals surface area contributed by atoms with Gasteiger partial charge in [-0.1, -0.05) is 23.3 Å². The minimum Gasteiger partial charge on any atom is -0.452 e. The van der Waals surface area contributed by atoms with Crippen LogP contribution in [0.4, 0.5) is 6.01 Å². The average molecular weight is 300 g/mol. The van der Waals surface area contributed by atoms with Gasteiger partial charge >= 0.3 is 12.0 Å². The van der Waals surface area contributed by atoms with Crippen molar-refractivity contribution in [1.82, 2.24) is 14.8 Å². The molecule has 22 heavy (non-hydrogen) atoms. The van der Waals surface area contributed by atoms with Crippen LogP contribution in [-0.4, -0.2) is 20.7 Å². The zero-order chi connectivity index (χ0) is 15.7. The molecule has 0 aliphatic heterocycles. The van der Waals surface area contributed by atoms with Crippen LogP contribution in [0, 0.1) is 0 Å². The standard InChI is InChI=1S/C14H12N4O4/c1-18-6-10(8-4-2-3-5-9(8)12(18)19)13(20)21-7-11-16-17-14(15)22-11/h2-6H,7H2,1H3,(H2,15,17). The van der Waals surface area contributed by atoms with E-state index in [1.807, 2.05) is 0 Å². The van der Waals surface area contributed by atoms with Gasteiger partial charge in [0, 0.05) is 24.0 Å². The molecule has 0 spiro atoms. The predicted molar refractivity (Wildman–Crippen MR) is 77.0 cm³/mol. The number of carbonyl (C=O) groups is 1. The summed E-state index contributed by atoms with van der Waals surface area (Å²) in [5, 5.41) is 8.04. The first-order valence-electron chi connectivity index (χ1n) is 6.39. The highest BCUT2D eigenvalue weighted by Crippen LogP contribution is 2.16. The van der Waals surface area contributed by atoms with Crippen molar-refractivity contribution < 1.29 is 13.9 Å². The van der Waals surface area contributed by atoms with E-state index in [4.69, 9.17) is 14.9 Å². The van der Waals surface area contributed by atoms with Gasteiger partial charge in [0.15, 0.2) is 6.61 Å². The van der Waals surface area contributed by atoms with Crippen LogP contribution in [0.5, 0.6) is 0 Å². The third-order valence-corrected chi connectivity index (χ3v) is 3.12. The van der Waals surface area contributed by atoms with Crippen LogP contribution in [0.2, 0.25) is 0 Å². The normalized spacial score (nSPS) is 10.8. The molecule has 1 aromatic carbocycles. The fourth-order valence-electron chi connectivity index (χ4n) is 2.11. The van der Waals surface area contributed by atoms with Gasteiger partial charge < -0.3 is 19.5 Å². The Morgan fingerprint density at radius 3 is 2.73 bits per heavy atom. The fourth-order valence-corrected chi connectivity index (χ4v) is 2.11. The molecule has 0 atom stereocenters. The summed E-state index contributed by atoms with van der Waals surface area (Å²) < 4.78 is 11.4. The number of pyridine rings is 1. The Labute approximate surface area is 124 Å². The molecule has 2 N–H and O–H groups in total. The van der Waals surface area contributed by atoms with Crippen LogP contribution in [-0.2, 0) is 18.4 Å². The molecule has 8 nitrogen and oxygen atoms in total. The molecule has 8 heteroatoms. The summed E-state index contributed by atoms with van der Waals surface area (Å²) in [5.41, 5.74) is 5.39. The van der Waals surface area contributed by atoms with Gasteiger partial charge in [0.2, 0.25) is 0 Å². The van der Waals surface area contributed by atoms with E-state index in [0.29, 0.717) is 10.8 Å². The van der Waals surface area contributed by atoms with Crippen molar-refractivity contribution in [2.24, 2.45) is 7.05 Å². The molecule has 0 unspecified atom stereocenters. The van der Waals surface area contributed by atoms with Crippen LogP contribution < -0.4 is 11.3 Å². The number of rotatable bonds is 3. The third kappa shape index (κ3) is 2.41. The van der Waals surface area contributed by atoms with Gasteiger partial charge in [0.25, 0.3) is 11.4 Å². The molecule has 0 radical (unpaired) electrons. The molecule has 0 aliphatic rings. The zero-order valence-corrected chi connectivity index (χ0v) is 11.6. The van der Waals surface area contributed by atoms with Gasteiger partial charge in [-0.2, -0.15) is 0 Å². The maximum Gasteiger partial charge on any atom is 0.340 e. The number of aryl methyl sites for hydroxylation is 1. The molecule has 112 valence electrons. The highest BCUT2D eigenvalue weighted by molar-refractivity contribution is 6.03. The van der Waals surface area contributed by atoms with E-state index >= 15 is 0 Å². The summed E-state index contributed by atoms with van der Waals surface area (Å²) in [7, 11) is 1.57. The summed E-state index contributed by atoms with van der Waals surface area (Å²) >= 11 is 0. The molecular formula is C14H12N4O4. The molecular weight excluding hydrogens is 288 g/mol. The van der Waals surface area contributed by atoms with Crippen LogP contribution >= 0.6 is 0 Å². The Balaban J connectivity index is 1.94. The number of nitrogens with zero attached hydrogens (tertiary/aromatic N) is 3. The van der Waals surface area contributed by atoms with Gasteiger partial charge in [0.1, 0.15) is 0 Å². The number of hydrogen-bond donors (Lipinski definition) is 1. The van der Waals surface area contributed by atoms with Crippen LogP contribution in [0.15, 0.2) is 39.7 Å². The molecule has 0 aliphatic carbocycles. The topological polar surface area (TPSA) is 113 Å². The monoisotopic (exact) mass is 300 g/mol. The van der Waals surface area contributed by atoms with Crippen LogP contribution in [0.3, 0.4) is 0 Å². The van der Waals surface area contributed by atoms with Crippen molar-refractivity contribution in [2.45, 2.75) is 6.61 Å². The predicted octanol–water partition coefficient (Wildman–Crippen LogP) is 0.861. The summed E-state index contributed by atoms with van der Waals surface area (Å²) in [4.78, 5) is 24.3. The number of benzene rings is 1. The summed E-state index contributed by atoms with van der Waals surface area (Å²) in [5.74, 6) is -0.497. The first-order chi connectivity index (χ1) is 10.6. The third-order valence-electron chi connectivity index (χ3n) is 3.12. The van der Waals surface area contributed by atoms with E-state index in [-0.39, 0.29) is 29.6 Å². The van der Waals surface area contributed by atoms with Gasteiger partial charge in [-0.25, -0.2) is 4.79 Å². The number of fused-ring (bicyclic) bond motifs is 1. The van der Waals surface area contributed by atoms with E-state index in [0.717, 1.165) is 0 Å². The van der Waals surface area contributed by atoms with Crippen molar-refractivity contribution in [3.8, 4) is 0 Å². The molecule has 0 bridgehead atoms. The number of ether oxygens (including phenoxy) is 1. The van der Waals surface area contributed by atoms with E-state index in [1.165, 1.54) is 10.8 Å². The Morgan fingerprint density at radius 1 is 1.32 bits per heavy atom. The van der Waals surface area contributed by atoms with Gasteiger partial charge in [-0.3, -0.25) is 4.79 Å². The Bertz CT molecular complexity index is 913. The minimum absolute atomic E-state index is 0.0972. The minimum atomic E-state index is -0.594. The quantitative estimate of drug-likeness (QED) is 0.713. The molecule has 0 saturated heterocycles. The summed E-state index contributed by atoms with van der Waals surface area (Å²) in [6, 6.07) is 6.74. The summed E-state index contributed by atoms with van der Waals surface area (Å²) in [6.07, 6.45) is 1.44. The second kappa shape index (κ2) is 5.32. The second-order valence-electron chi connectivity index (χ2n) is 4.61. The van der Waals surface area contributed by atoms with Gasteiger partial charge in [-0.05, 0) is 6.07 Å². The zero-order valence-electron chi connectivity index (χ0n) is 11.6. The molecule has 3 aromatic rings.